The number of likely N-dealkylation sites (tertiary alicyclic amines) is 1. The topological polar surface area (TPSA) is 66.9 Å². The molecule has 0 radical (unpaired) electrons. The van der Waals surface area contributed by atoms with E-state index in [-0.39, 0.29) is 6.04 Å². The first-order valence-electron chi connectivity index (χ1n) is 7.72. The summed E-state index contributed by atoms with van der Waals surface area (Å²) < 4.78 is 33.3. The lowest BCUT2D eigenvalue weighted by atomic mass is 10.1. The number of rotatable bonds is 3. The normalized spacial score (nSPS) is 19.6. The van der Waals surface area contributed by atoms with E-state index in [1.807, 2.05) is 20.8 Å². The van der Waals surface area contributed by atoms with Crippen LogP contribution in [0.3, 0.4) is 0 Å². The van der Waals surface area contributed by atoms with Crippen LogP contribution in [-0.4, -0.2) is 55.5 Å². The van der Waals surface area contributed by atoms with Crippen LogP contribution in [-0.2, 0) is 14.8 Å². The van der Waals surface area contributed by atoms with E-state index in [1.165, 1.54) is 15.6 Å². The zero-order valence-corrected chi connectivity index (χ0v) is 17.5. The summed E-state index contributed by atoms with van der Waals surface area (Å²) in [5.74, 6) is 0. The van der Waals surface area contributed by atoms with E-state index in [0.717, 1.165) is 16.6 Å². The first kappa shape index (κ1) is 19.7. The van der Waals surface area contributed by atoms with Gasteiger partial charge >= 0.3 is 6.09 Å². The van der Waals surface area contributed by atoms with Crippen LogP contribution in [0, 0.1) is 0 Å². The number of sulfonamides is 1. The third kappa shape index (κ3) is 4.71. The highest BCUT2D eigenvalue weighted by molar-refractivity contribution is 9.11. The molecule has 0 bridgehead atoms. The summed E-state index contributed by atoms with van der Waals surface area (Å²) in [5.41, 5.74) is -0.564. The van der Waals surface area contributed by atoms with Crippen molar-refractivity contribution >= 4 is 43.4 Å². The Bertz CT molecular complexity index is 697. The molecular weight excluding hydrogens is 416 g/mol. The molecule has 1 atom stereocenters. The highest BCUT2D eigenvalue weighted by atomic mass is 79.9. The number of carbonyl (C=O) groups is 1. The molecule has 0 saturated carbocycles. The summed E-state index contributed by atoms with van der Waals surface area (Å²) in [6, 6.07) is 3.06. The third-order valence-electron chi connectivity index (χ3n) is 3.74. The lowest BCUT2D eigenvalue weighted by molar-refractivity contribution is 0.0163. The monoisotopic (exact) mass is 438 g/mol. The van der Waals surface area contributed by atoms with Crippen molar-refractivity contribution in [1.29, 1.82) is 0 Å². The minimum atomic E-state index is -3.56. The van der Waals surface area contributed by atoms with E-state index < -0.39 is 21.7 Å². The van der Waals surface area contributed by atoms with Crippen molar-refractivity contribution in [2.75, 3.05) is 20.1 Å². The maximum absolute atomic E-state index is 12.7. The van der Waals surface area contributed by atoms with Gasteiger partial charge in [0.05, 0.1) is 3.79 Å². The zero-order valence-electron chi connectivity index (χ0n) is 14.3. The van der Waals surface area contributed by atoms with E-state index in [2.05, 4.69) is 15.9 Å². The molecule has 1 aromatic heterocycles. The second kappa shape index (κ2) is 7.31. The average Bonchev–Trinajstić information content (AvgIpc) is 2.92. The highest BCUT2D eigenvalue weighted by Gasteiger charge is 2.34. The Balaban J connectivity index is 2.10. The Morgan fingerprint density at radius 3 is 2.62 bits per heavy atom. The first-order valence-corrected chi connectivity index (χ1v) is 10.8. The van der Waals surface area contributed by atoms with Crippen molar-refractivity contribution in [3.05, 3.63) is 15.9 Å². The fourth-order valence-electron chi connectivity index (χ4n) is 2.52. The number of piperidine rings is 1. The van der Waals surface area contributed by atoms with Gasteiger partial charge in [-0.05, 0) is 61.7 Å². The van der Waals surface area contributed by atoms with Crippen molar-refractivity contribution in [1.82, 2.24) is 9.21 Å². The number of ether oxygens (including phenoxy) is 1. The molecular formula is C15H23BrN2O4S2. The summed E-state index contributed by atoms with van der Waals surface area (Å²) in [6.07, 6.45) is 1.08. The molecule has 1 fully saturated rings. The number of amides is 1. The number of halogens is 1. The molecule has 2 rings (SSSR count). The molecule has 2 heterocycles. The second-order valence-corrected chi connectivity index (χ2v) is 11.5. The van der Waals surface area contributed by atoms with Crippen molar-refractivity contribution in [2.24, 2.45) is 0 Å². The third-order valence-corrected chi connectivity index (χ3v) is 7.75. The van der Waals surface area contributed by atoms with Crippen molar-refractivity contribution < 1.29 is 17.9 Å². The quantitative estimate of drug-likeness (QED) is 0.723. The molecule has 0 aromatic carbocycles. The Hall–Kier alpha value is -0.640. The maximum atomic E-state index is 12.7. The lowest BCUT2D eigenvalue weighted by Crippen LogP contribution is -2.51. The minimum absolute atomic E-state index is 0.253. The predicted molar refractivity (Wildman–Crippen MR) is 97.8 cm³/mol. The van der Waals surface area contributed by atoms with Gasteiger partial charge in [-0.2, -0.15) is 4.31 Å². The number of thiophene rings is 1. The predicted octanol–water partition coefficient (Wildman–Crippen LogP) is 3.53. The summed E-state index contributed by atoms with van der Waals surface area (Å²) in [4.78, 5) is 13.8. The van der Waals surface area contributed by atoms with Crippen LogP contribution in [0.25, 0.3) is 0 Å². The standard InChI is InChI=1S/C15H23BrN2O4S2/c1-15(2,3)22-14(19)18-9-5-6-11(10-18)17(4)24(20,21)13-8-7-12(16)23-13/h7-8,11H,5-6,9-10H2,1-4H3/t11-/m1/s1. The Morgan fingerprint density at radius 1 is 1.42 bits per heavy atom. The maximum Gasteiger partial charge on any atom is 0.410 e. The van der Waals surface area contributed by atoms with Crippen molar-refractivity contribution in [3.63, 3.8) is 0 Å². The zero-order chi connectivity index (χ0) is 18.1. The molecule has 0 aliphatic carbocycles. The van der Waals surface area contributed by atoms with Gasteiger partial charge in [-0.3, -0.25) is 0 Å². The van der Waals surface area contributed by atoms with Crippen LogP contribution < -0.4 is 0 Å². The van der Waals surface area contributed by atoms with Gasteiger partial charge in [0.25, 0.3) is 10.0 Å². The number of carbonyl (C=O) groups excluding carboxylic acids is 1. The van der Waals surface area contributed by atoms with Gasteiger partial charge in [0, 0.05) is 26.2 Å². The van der Waals surface area contributed by atoms with Gasteiger partial charge < -0.3 is 9.64 Å². The highest BCUT2D eigenvalue weighted by Crippen LogP contribution is 2.30. The van der Waals surface area contributed by atoms with Crippen LogP contribution in [0.5, 0.6) is 0 Å². The molecule has 6 nitrogen and oxygen atoms in total. The Labute approximate surface area is 156 Å². The van der Waals surface area contributed by atoms with Gasteiger partial charge in [-0.1, -0.05) is 0 Å². The smallest absolute Gasteiger partial charge is 0.410 e. The van der Waals surface area contributed by atoms with Crippen molar-refractivity contribution in [3.8, 4) is 0 Å². The van der Waals surface area contributed by atoms with Crippen LogP contribution in [0.1, 0.15) is 33.6 Å². The van der Waals surface area contributed by atoms with Gasteiger partial charge in [0.15, 0.2) is 0 Å². The number of hydrogen-bond donors (Lipinski definition) is 0. The van der Waals surface area contributed by atoms with Gasteiger partial charge in [-0.15, -0.1) is 11.3 Å². The molecule has 1 saturated heterocycles. The SMILES string of the molecule is CN([C@@H]1CCCN(C(=O)OC(C)(C)C)C1)S(=O)(=O)c1ccc(Br)s1. The summed E-state index contributed by atoms with van der Waals surface area (Å²) in [5, 5.41) is 0. The van der Waals surface area contributed by atoms with Gasteiger partial charge in [-0.25, -0.2) is 13.2 Å². The molecule has 0 N–H and O–H groups in total. The molecule has 136 valence electrons. The lowest BCUT2D eigenvalue weighted by Gasteiger charge is -2.37. The number of likely N-dealkylation sites (N-methyl/N-ethyl adjacent to an activating group) is 1. The molecule has 9 heteroatoms. The molecule has 1 aliphatic heterocycles. The molecule has 1 amide bonds. The first-order chi connectivity index (χ1) is 11.0. The van der Waals surface area contributed by atoms with Crippen LogP contribution in [0.4, 0.5) is 4.79 Å². The van der Waals surface area contributed by atoms with E-state index >= 15 is 0 Å². The number of hydrogen-bond acceptors (Lipinski definition) is 5. The summed E-state index contributed by atoms with van der Waals surface area (Å²) in [6.45, 7) is 6.38. The molecule has 24 heavy (non-hydrogen) atoms. The Morgan fingerprint density at radius 2 is 2.08 bits per heavy atom. The summed E-state index contributed by atoms with van der Waals surface area (Å²) in [7, 11) is -1.98. The van der Waals surface area contributed by atoms with E-state index in [1.54, 1.807) is 24.1 Å². The minimum Gasteiger partial charge on any atom is -0.444 e. The van der Waals surface area contributed by atoms with Crippen LogP contribution >= 0.6 is 27.3 Å². The number of nitrogens with zero attached hydrogens (tertiary/aromatic N) is 2. The van der Waals surface area contributed by atoms with E-state index in [9.17, 15) is 13.2 Å². The Kier molecular flexibility index (Phi) is 5.99. The van der Waals surface area contributed by atoms with E-state index in [0.29, 0.717) is 17.3 Å². The van der Waals surface area contributed by atoms with Gasteiger partial charge in [0.2, 0.25) is 0 Å². The van der Waals surface area contributed by atoms with Crippen LogP contribution in [0.15, 0.2) is 20.1 Å². The van der Waals surface area contributed by atoms with Crippen molar-refractivity contribution in [2.45, 2.75) is 49.5 Å². The fourth-order valence-corrected chi connectivity index (χ4v) is 6.09. The largest absolute Gasteiger partial charge is 0.444 e. The molecule has 0 spiro atoms. The summed E-state index contributed by atoms with van der Waals surface area (Å²) >= 11 is 4.48. The fraction of sp³-hybridized carbons (Fsp3) is 0.667. The molecule has 1 aliphatic rings. The molecule has 0 unspecified atom stereocenters. The van der Waals surface area contributed by atoms with Crippen LogP contribution in [0.2, 0.25) is 0 Å². The van der Waals surface area contributed by atoms with Gasteiger partial charge in [0.1, 0.15) is 9.81 Å². The van der Waals surface area contributed by atoms with E-state index in [4.69, 9.17) is 4.74 Å². The molecule has 1 aromatic rings. The second-order valence-electron chi connectivity index (χ2n) is 6.80. The average molecular weight is 439 g/mol.